The summed E-state index contributed by atoms with van der Waals surface area (Å²) in [5.74, 6) is 1.23. The van der Waals surface area contributed by atoms with Crippen LogP contribution in [0.4, 0.5) is 18.4 Å². The fourth-order valence-electron chi connectivity index (χ4n) is 6.83. The number of ketones is 1. The van der Waals surface area contributed by atoms with Crippen molar-refractivity contribution < 1.29 is 32.6 Å². The van der Waals surface area contributed by atoms with Gasteiger partial charge in [0.2, 0.25) is 0 Å². The Morgan fingerprint density at radius 3 is 1.53 bits per heavy atom. The van der Waals surface area contributed by atoms with Gasteiger partial charge in [0.25, 0.3) is 0 Å². The number of carbonyl (C=O) groups is 3. The molecule has 0 spiro atoms. The summed E-state index contributed by atoms with van der Waals surface area (Å²) < 4.78 is 35.7. The number of hydrogen-bond donors (Lipinski definition) is 2. The molecule has 2 amide bonds. The van der Waals surface area contributed by atoms with Gasteiger partial charge in [-0.05, 0) is 62.2 Å². The van der Waals surface area contributed by atoms with Gasteiger partial charge in [-0.3, -0.25) is 13.6 Å². The minimum absolute atomic E-state index is 0.0970. The van der Waals surface area contributed by atoms with Gasteiger partial charge in [0, 0.05) is 36.8 Å². The molecule has 9 heteroatoms. The Hall–Kier alpha value is -2.45. The first-order chi connectivity index (χ1) is 17.4. The first-order valence-electron chi connectivity index (χ1n) is 13.2. The van der Waals surface area contributed by atoms with Crippen molar-refractivity contribution in [3.63, 3.8) is 0 Å². The molecule has 4 rings (SSSR count). The summed E-state index contributed by atoms with van der Waals surface area (Å²) in [6.07, 6.45) is 12.1. The third kappa shape index (κ3) is 6.09. The lowest BCUT2D eigenvalue weighted by atomic mass is 9.68. The molecule has 0 saturated heterocycles. The molecule has 2 saturated carbocycles. The maximum Gasteiger partial charge on any atom is 0.407 e. The predicted octanol–water partition coefficient (Wildman–Crippen LogP) is 4.67. The van der Waals surface area contributed by atoms with Crippen LogP contribution in [0.1, 0.15) is 51.4 Å². The number of alkyl carbamates (subject to hydrolysis) is 2. The Bertz CT molecular complexity index is 812. The van der Waals surface area contributed by atoms with Crippen molar-refractivity contribution >= 4 is 18.0 Å². The summed E-state index contributed by atoms with van der Waals surface area (Å²) in [5, 5.41) is 5.13. The summed E-state index contributed by atoms with van der Waals surface area (Å²) >= 11 is 0. The van der Waals surface area contributed by atoms with Crippen molar-refractivity contribution in [2.24, 2.45) is 34.5 Å². The largest absolute Gasteiger partial charge is 0.449 e. The van der Waals surface area contributed by atoms with Crippen LogP contribution in [-0.4, -0.2) is 57.6 Å². The highest BCUT2D eigenvalue weighted by Crippen LogP contribution is 2.57. The fraction of sp³-hybridized carbons (Fsp3) is 0.741. The van der Waals surface area contributed by atoms with Crippen LogP contribution >= 0.6 is 0 Å². The Labute approximate surface area is 211 Å². The van der Waals surface area contributed by atoms with E-state index in [9.17, 15) is 23.2 Å². The summed E-state index contributed by atoms with van der Waals surface area (Å²) in [6, 6.07) is 0. The molecule has 36 heavy (non-hydrogen) atoms. The molecule has 7 nitrogen and oxygen atoms in total. The molecule has 2 N–H and O–H groups in total. The molecular weight excluding hydrogens is 470 g/mol. The zero-order valence-electron chi connectivity index (χ0n) is 20.8. The Morgan fingerprint density at radius 1 is 0.750 bits per heavy atom. The highest BCUT2D eigenvalue weighted by atomic mass is 19.1. The van der Waals surface area contributed by atoms with Crippen LogP contribution in [0.5, 0.6) is 0 Å². The van der Waals surface area contributed by atoms with Gasteiger partial charge in [0.05, 0.1) is 26.6 Å². The summed E-state index contributed by atoms with van der Waals surface area (Å²) in [4.78, 5) is 37.8. The minimum atomic E-state index is -0.580. The molecule has 0 heterocycles. The monoisotopic (exact) mass is 508 g/mol. The molecule has 200 valence electrons. The Morgan fingerprint density at radius 2 is 1.19 bits per heavy atom. The lowest BCUT2D eigenvalue weighted by Crippen LogP contribution is -2.40. The molecule has 0 aromatic rings. The molecule has 0 aromatic carbocycles. The Kier molecular flexibility index (Phi) is 8.67. The van der Waals surface area contributed by atoms with Crippen molar-refractivity contribution in [2.45, 2.75) is 51.4 Å². The molecule has 4 aliphatic carbocycles. The zero-order chi connectivity index (χ0) is 25.6. The molecule has 0 aromatic heterocycles. The lowest BCUT2D eigenvalue weighted by Gasteiger charge is -2.38. The van der Waals surface area contributed by atoms with Crippen LogP contribution in [0.3, 0.4) is 0 Å². The summed E-state index contributed by atoms with van der Waals surface area (Å²) in [5.41, 5.74) is -0.875. The van der Waals surface area contributed by atoms with Crippen LogP contribution in [-0.2, 0) is 14.3 Å². The van der Waals surface area contributed by atoms with E-state index in [0.29, 0.717) is 24.7 Å². The number of rotatable bonds is 14. The number of fused-ring (bicyclic) bond motifs is 4. The third-order valence-corrected chi connectivity index (χ3v) is 8.49. The van der Waals surface area contributed by atoms with Crippen LogP contribution in [0, 0.1) is 34.5 Å². The number of halogens is 2. The van der Waals surface area contributed by atoms with Crippen LogP contribution in [0.2, 0.25) is 0 Å². The highest BCUT2D eigenvalue weighted by Gasteiger charge is 2.53. The number of alkyl halides is 2. The van der Waals surface area contributed by atoms with E-state index in [1.807, 2.05) is 0 Å². The first-order valence-corrected chi connectivity index (χ1v) is 13.2. The quantitative estimate of drug-likeness (QED) is 0.263. The second kappa shape index (κ2) is 11.7. The third-order valence-electron chi connectivity index (χ3n) is 8.49. The van der Waals surface area contributed by atoms with E-state index in [1.54, 1.807) is 0 Å². The van der Waals surface area contributed by atoms with Crippen molar-refractivity contribution in [1.29, 1.82) is 0 Å². The van der Waals surface area contributed by atoms with Gasteiger partial charge in [0.15, 0.2) is 0 Å². The van der Waals surface area contributed by atoms with E-state index in [4.69, 9.17) is 9.47 Å². The van der Waals surface area contributed by atoms with E-state index in [1.165, 1.54) is 0 Å². The summed E-state index contributed by atoms with van der Waals surface area (Å²) in [6.45, 7) is -0.277. The second-order valence-electron chi connectivity index (χ2n) is 11.1. The number of amides is 2. The van der Waals surface area contributed by atoms with E-state index in [0.717, 1.165) is 25.7 Å². The minimum Gasteiger partial charge on any atom is -0.449 e. The van der Waals surface area contributed by atoms with Crippen molar-refractivity contribution in [3.8, 4) is 0 Å². The average molecular weight is 509 g/mol. The number of Topliss-reactive ketones (excluding diaryl/α,β-unsaturated/α-hetero) is 1. The van der Waals surface area contributed by atoms with Gasteiger partial charge in [0.1, 0.15) is 5.78 Å². The second-order valence-corrected chi connectivity index (χ2v) is 11.1. The molecule has 4 aliphatic rings. The maximum absolute atomic E-state index is 13.6. The molecule has 0 radical (unpaired) electrons. The zero-order valence-corrected chi connectivity index (χ0v) is 20.8. The van der Waals surface area contributed by atoms with Crippen LogP contribution in [0.15, 0.2) is 24.3 Å². The van der Waals surface area contributed by atoms with Gasteiger partial charge in [-0.1, -0.05) is 24.3 Å². The molecule has 0 aliphatic heterocycles. The van der Waals surface area contributed by atoms with E-state index in [2.05, 4.69) is 34.9 Å². The standard InChI is InChI=1S/C27H38F2N2O5/c28-7-1-9-30-24(33)35-17-26(13-19-3-5-21(26)11-19)15-23(32)16-27(14-20-4-6-22(27)12-20)18-36-25(34)31-10-2-8-29/h3-6,19-22H,1-2,7-18H2,(H,30,33)(H,31,34). The average Bonchev–Trinajstić information content (AvgIpc) is 3.63. The lowest BCUT2D eigenvalue weighted by molar-refractivity contribution is -0.126. The number of ether oxygens (including phenoxy) is 2. The molecular formula is C27H38F2N2O5. The van der Waals surface area contributed by atoms with Gasteiger partial charge in [-0.25, -0.2) is 9.59 Å². The number of carbonyl (C=O) groups excluding carboxylic acids is 3. The number of hydrogen-bond acceptors (Lipinski definition) is 5. The van der Waals surface area contributed by atoms with E-state index >= 15 is 0 Å². The first kappa shape index (κ1) is 26.6. The van der Waals surface area contributed by atoms with Crippen molar-refractivity contribution in [1.82, 2.24) is 10.6 Å². The van der Waals surface area contributed by atoms with E-state index in [-0.39, 0.29) is 56.8 Å². The van der Waals surface area contributed by atoms with Gasteiger partial charge in [-0.15, -0.1) is 0 Å². The van der Waals surface area contributed by atoms with Gasteiger partial charge >= 0.3 is 12.2 Å². The highest BCUT2D eigenvalue weighted by molar-refractivity contribution is 5.80. The smallest absolute Gasteiger partial charge is 0.407 e. The molecule has 6 atom stereocenters. The van der Waals surface area contributed by atoms with Crippen molar-refractivity contribution in [3.05, 3.63) is 24.3 Å². The van der Waals surface area contributed by atoms with Crippen LogP contribution < -0.4 is 10.6 Å². The molecule has 2 fully saturated rings. The number of nitrogens with one attached hydrogen (secondary N) is 2. The van der Waals surface area contributed by atoms with Gasteiger partial charge < -0.3 is 20.1 Å². The summed E-state index contributed by atoms with van der Waals surface area (Å²) in [7, 11) is 0. The topological polar surface area (TPSA) is 93.7 Å². The molecule has 6 unspecified atom stereocenters. The van der Waals surface area contributed by atoms with Crippen LogP contribution in [0.25, 0.3) is 0 Å². The predicted molar refractivity (Wildman–Crippen MR) is 130 cm³/mol. The van der Waals surface area contributed by atoms with Crippen molar-refractivity contribution in [2.75, 3.05) is 39.7 Å². The Balaban J connectivity index is 1.38. The molecule has 4 bridgehead atoms. The van der Waals surface area contributed by atoms with E-state index < -0.39 is 36.4 Å². The number of allylic oxidation sites excluding steroid dienone is 4. The normalized spacial score (nSPS) is 33.2. The maximum atomic E-state index is 13.6. The fourth-order valence-corrected chi connectivity index (χ4v) is 6.83. The SMILES string of the molecule is O=C(CC1(COC(=O)NCCCF)CC2C=CC1C2)CC1(COC(=O)NCCCF)CC2C=CC1C2. The van der Waals surface area contributed by atoms with Gasteiger partial charge in [-0.2, -0.15) is 0 Å².